The zero-order valence-corrected chi connectivity index (χ0v) is 13.3. The number of carbonyl (C=O) groups excluding carboxylic acids is 1. The summed E-state index contributed by atoms with van der Waals surface area (Å²) in [6.45, 7) is 2.04. The van der Waals surface area contributed by atoms with Crippen LogP contribution in [0.5, 0.6) is 0 Å². The molecule has 0 aliphatic carbocycles. The van der Waals surface area contributed by atoms with Crippen LogP contribution in [0.1, 0.15) is 23.1 Å². The van der Waals surface area contributed by atoms with E-state index in [1.54, 1.807) is 18.2 Å². The molecule has 2 aromatic carbocycles. The smallest absolute Gasteiger partial charge is 0.224 e. The van der Waals surface area contributed by atoms with Gasteiger partial charge in [-0.2, -0.15) is 5.26 Å². The molecule has 2 aromatic rings. The van der Waals surface area contributed by atoms with E-state index in [0.29, 0.717) is 24.1 Å². The van der Waals surface area contributed by atoms with Gasteiger partial charge in [0.1, 0.15) is 6.07 Å². The van der Waals surface area contributed by atoms with Gasteiger partial charge in [-0.05, 0) is 42.7 Å². The third-order valence-electron chi connectivity index (χ3n) is 3.26. The van der Waals surface area contributed by atoms with Gasteiger partial charge in [0.05, 0.1) is 11.3 Å². The SMILES string of the molecule is Cc1ccccc1CCC(=O)Nc1ccc(Br)cc1C#N. The predicted octanol–water partition coefficient (Wildman–Crippen LogP) is 4.20. The minimum absolute atomic E-state index is 0.0860. The monoisotopic (exact) mass is 342 g/mol. The largest absolute Gasteiger partial charge is 0.325 e. The van der Waals surface area contributed by atoms with E-state index in [9.17, 15) is 4.79 Å². The molecule has 0 aliphatic rings. The number of nitriles is 1. The van der Waals surface area contributed by atoms with Crippen LogP contribution in [0.15, 0.2) is 46.9 Å². The Bertz CT molecular complexity index is 704. The molecule has 106 valence electrons. The van der Waals surface area contributed by atoms with Crippen molar-refractivity contribution in [3.8, 4) is 6.07 Å². The number of rotatable bonds is 4. The van der Waals surface area contributed by atoms with Crippen LogP contribution >= 0.6 is 15.9 Å². The molecule has 0 bridgehead atoms. The van der Waals surface area contributed by atoms with E-state index in [1.165, 1.54) is 11.1 Å². The molecule has 4 heteroatoms. The zero-order chi connectivity index (χ0) is 15.2. The van der Waals surface area contributed by atoms with Crippen molar-refractivity contribution < 1.29 is 4.79 Å². The van der Waals surface area contributed by atoms with E-state index in [0.717, 1.165) is 4.47 Å². The Balaban J connectivity index is 2.00. The Morgan fingerprint density at radius 2 is 2.05 bits per heavy atom. The molecule has 0 aromatic heterocycles. The molecule has 1 N–H and O–H groups in total. The Morgan fingerprint density at radius 1 is 1.29 bits per heavy atom. The molecule has 1 amide bonds. The zero-order valence-electron chi connectivity index (χ0n) is 11.7. The standard InChI is InChI=1S/C17H15BrN2O/c1-12-4-2-3-5-13(12)6-9-17(21)20-16-8-7-15(18)10-14(16)11-19/h2-5,7-8,10H,6,9H2,1H3,(H,20,21). The summed E-state index contributed by atoms with van der Waals surface area (Å²) in [5.41, 5.74) is 3.36. The van der Waals surface area contributed by atoms with E-state index < -0.39 is 0 Å². The number of anilines is 1. The van der Waals surface area contributed by atoms with Gasteiger partial charge < -0.3 is 5.32 Å². The molecule has 0 saturated carbocycles. The highest BCUT2D eigenvalue weighted by atomic mass is 79.9. The summed E-state index contributed by atoms with van der Waals surface area (Å²) >= 11 is 3.31. The summed E-state index contributed by atoms with van der Waals surface area (Å²) in [7, 11) is 0. The van der Waals surface area contributed by atoms with Crippen molar-refractivity contribution in [2.75, 3.05) is 5.32 Å². The minimum atomic E-state index is -0.0860. The maximum atomic E-state index is 12.0. The molecular formula is C17H15BrN2O. The summed E-state index contributed by atoms with van der Waals surface area (Å²) < 4.78 is 0.817. The predicted molar refractivity (Wildman–Crippen MR) is 87.0 cm³/mol. The summed E-state index contributed by atoms with van der Waals surface area (Å²) in [5, 5.41) is 11.9. The average Bonchev–Trinajstić information content (AvgIpc) is 2.48. The van der Waals surface area contributed by atoms with Gasteiger partial charge >= 0.3 is 0 Å². The van der Waals surface area contributed by atoms with E-state index >= 15 is 0 Å². The molecule has 0 unspecified atom stereocenters. The highest BCUT2D eigenvalue weighted by Gasteiger charge is 2.08. The molecule has 0 saturated heterocycles. The lowest BCUT2D eigenvalue weighted by Gasteiger charge is -2.08. The third-order valence-corrected chi connectivity index (χ3v) is 3.75. The van der Waals surface area contributed by atoms with Gasteiger partial charge in [-0.25, -0.2) is 0 Å². The number of benzene rings is 2. The maximum absolute atomic E-state index is 12.0. The van der Waals surface area contributed by atoms with Crippen LogP contribution in [0.4, 0.5) is 5.69 Å². The summed E-state index contributed by atoms with van der Waals surface area (Å²) in [6, 6.07) is 15.3. The number of amides is 1. The first kappa shape index (κ1) is 15.3. The summed E-state index contributed by atoms with van der Waals surface area (Å²) in [4.78, 5) is 12.0. The molecule has 21 heavy (non-hydrogen) atoms. The second-order valence-corrected chi connectivity index (χ2v) is 5.69. The van der Waals surface area contributed by atoms with Crippen LogP contribution in [-0.2, 0) is 11.2 Å². The molecule has 0 atom stereocenters. The molecular weight excluding hydrogens is 328 g/mol. The Morgan fingerprint density at radius 3 is 2.76 bits per heavy atom. The quantitative estimate of drug-likeness (QED) is 0.905. The summed E-state index contributed by atoms with van der Waals surface area (Å²) in [5.74, 6) is -0.0860. The fourth-order valence-electron chi connectivity index (χ4n) is 2.07. The van der Waals surface area contributed by atoms with Gasteiger partial charge in [0.25, 0.3) is 0 Å². The molecule has 0 spiro atoms. The number of halogens is 1. The third kappa shape index (κ3) is 4.17. The summed E-state index contributed by atoms with van der Waals surface area (Å²) in [6.07, 6.45) is 1.09. The van der Waals surface area contributed by atoms with Gasteiger partial charge in [0.2, 0.25) is 5.91 Å². The molecule has 0 aliphatic heterocycles. The Hall–Kier alpha value is -2.12. The normalized spacial score (nSPS) is 9.95. The number of hydrogen-bond donors (Lipinski definition) is 1. The van der Waals surface area contributed by atoms with E-state index in [-0.39, 0.29) is 5.91 Å². The topological polar surface area (TPSA) is 52.9 Å². The Labute approximate surface area is 132 Å². The lowest BCUT2D eigenvalue weighted by molar-refractivity contribution is -0.116. The highest BCUT2D eigenvalue weighted by Crippen LogP contribution is 2.20. The van der Waals surface area contributed by atoms with Crippen LogP contribution in [0, 0.1) is 18.3 Å². The highest BCUT2D eigenvalue weighted by molar-refractivity contribution is 9.10. The molecule has 0 heterocycles. The first-order chi connectivity index (χ1) is 10.1. The number of hydrogen-bond acceptors (Lipinski definition) is 2. The lowest BCUT2D eigenvalue weighted by atomic mass is 10.0. The van der Waals surface area contributed by atoms with Crippen LogP contribution in [-0.4, -0.2) is 5.91 Å². The van der Waals surface area contributed by atoms with Crippen molar-refractivity contribution in [1.29, 1.82) is 5.26 Å². The first-order valence-electron chi connectivity index (χ1n) is 6.64. The minimum Gasteiger partial charge on any atom is -0.325 e. The fourth-order valence-corrected chi connectivity index (χ4v) is 2.43. The lowest BCUT2D eigenvalue weighted by Crippen LogP contribution is -2.13. The van der Waals surface area contributed by atoms with Crippen molar-refractivity contribution in [2.24, 2.45) is 0 Å². The van der Waals surface area contributed by atoms with E-state index in [4.69, 9.17) is 5.26 Å². The molecule has 0 fully saturated rings. The van der Waals surface area contributed by atoms with E-state index in [1.807, 2.05) is 31.2 Å². The molecule has 2 rings (SSSR count). The number of nitrogens with one attached hydrogen (secondary N) is 1. The second-order valence-electron chi connectivity index (χ2n) is 4.78. The molecule has 3 nitrogen and oxygen atoms in total. The number of carbonyl (C=O) groups is 1. The van der Waals surface area contributed by atoms with Crippen LogP contribution in [0.3, 0.4) is 0 Å². The van der Waals surface area contributed by atoms with Gasteiger partial charge in [-0.15, -0.1) is 0 Å². The van der Waals surface area contributed by atoms with Gasteiger partial charge in [0.15, 0.2) is 0 Å². The van der Waals surface area contributed by atoms with Crippen molar-refractivity contribution >= 4 is 27.5 Å². The van der Waals surface area contributed by atoms with Crippen molar-refractivity contribution in [3.63, 3.8) is 0 Å². The molecule has 0 radical (unpaired) electrons. The van der Waals surface area contributed by atoms with Gasteiger partial charge in [0, 0.05) is 10.9 Å². The van der Waals surface area contributed by atoms with Crippen LogP contribution < -0.4 is 5.32 Å². The first-order valence-corrected chi connectivity index (χ1v) is 7.43. The second kappa shape index (κ2) is 7.05. The number of aryl methyl sites for hydroxylation is 2. The van der Waals surface area contributed by atoms with Gasteiger partial charge in [-0.3, -0.25) is 4.79 Å². The van der Waals surface area contributed by atoms with Crippen molar-refractivity contribution in [1.82, 2.24) is 0 Å². The van der Waals surface area contributed by atoms with Crippen molar-refractivity contribution in [2.45, 2.75) is 19.8 Å². The Kier molecular flexibility index (Phi) is 5.13. The van der Waals surface area contributed by atoms with Crippen molar-refractivity contribution in [3.05, 3.63) is 63.6 Å². The fraction of sp³-hybridized carbons (Fsp3) is 0.176. The van der Waals surface area contributed by atoms with Gasteiger partial charge in [-0.1, -0.05) is 40.2 Å². The number of nitrogens with zero attached hydrogens (tertiary/aromatic N) is 1. The van der Waals surface area contributed by atoms with Crippen LogP contribution in [0.2, 0.25) is 0 Å². The van der Waals surface area contributed by atoms with E-state index in [2.05, 4.69) is 27.3 Å². The maximum Gasteiger partial charge on any atom is 0.224 e. The average molecular weight is 343 g/mol. The van der Waals surface area contributed by atoms with Crippen LogP contribution in [0.25, 0.3) is 0 Å².